The van der Waals surface area contributed by atoms with Crippen LogP contribution in [0, 0.1) is 0 Å². The molecule has 0 fully saturated rings. The van der Waals surface area contributed by atoms with Crippen molar-refractivity contribution in [3.8, 4) is 5.75 Å². The normalized spacial score (nSPS) is 10.3. The number of carbonyl (C=O) groups is 1. The summed E-state index contributed by atoms with van der Waals surface area (Å²) in [6.45, 7) is 3.34. The van der Waals surface area contributed by atoms with Gasteiger partial charge in [0.05, 0.1) is 12.2 Å². The average Bonchev–Trinajstić information content (AvgIpc) is 2.92. The summed E-state index contributed by atoms with van der Waals surface area (Å²) in [5.41, 5.74) is 3.76. The second-order valence-corrected chi connectivity index (χ2v) is 5.01. The van der Waals surface area contributed by atoms with Crippen LogP contribution in [0.25, 0.3) is 0 Å². The molecule has 7 heteroatoms. The van der Waals surface area contributed by atoms with Crippen molar-refractivity contribution >= 4 is 22.9 Å². The van der Waals surface area contributed by atoms with E-state index in [0.29, 0.717) is 11.6 Å². The number of phenolic OH excluding ortho intramolecular Hbond substituents is 1. The molecule has 0 bridgehead atoms. The van der Waals surface area contributed by atoms with Gasteiger partial charge in [-0.2, -0.15) is 0 Å². The number of hydrazine groups is 1. The van der Waals surface area contributed by atoms with Crippen LogP contribution in [0.3, 0.4) is 0 Å². The highest BCUT2D eigenvalue weighted by Crippen LogP contribution is 2.22. The first-order valence-electron chi connectivity index (χ1n) is 6.13. The van der Waals surface area contributed by atoms with Crippen LogP contribution in [-0.2, 0) is 6.54 Å². The number of rotatable bonds is 5. The highest BCUT2D eigenvalue weighted by Gasteiger charge is 2.12. The van der Waals surface area contributed by atoms with E-state index in [4.69, 9.17) is 5.84 Å². The van der Waals surface area contributed by atoms with Crippen LogP contribution in [0.4, 0.5) is 5.69 Å². The molecule has 0 atom stereocenters. The molecule has 2 aromatic rings. The van der Waals surface area contributed by atoms with Gasteiger partial charge >= 0.3 is 0 Å². The van der Waals surface area contributed by atoms with Gasteiger partial charge in [-0.25, -0.2) is 10.8 Å². The van der Waals surface area contributed by atoms with Crippen LogP contribution >= 0.6 is 11.3 Å². The number of thiazole rings is 1. The first kappa shape index (κ1) is 14.3. The molecule has 0 unspecified atom stereocenters. The molecule has 0 spiro atoms. The number of aromatic nitrogens is 1. The lowest BCUT2D eigenvalue weighted by molar-refractivity contribution is 0.0953. The summed E-state index contributed by atoms with van der Waals surface area (Å²) >= 11 is 1.25. The average molecular weight is 292 g/mol. The SMILES string of the molecule is CCN(Cc1csc(C(=O)NN)n1)c1cccc(O)c1. The number of nitrogens with one attached hydrogen (secondary N) is 1. The van der Waals surface area contributed by atoms with E-state index in [1.165, 1.54) is 11.3 Å². The Balaban J connectivity index is 2.14. The fourth-order valence-corrected chi connectivity index (χ4v) is 2.53. The molecular formula is C13H16N4O2S. The molecule has 4 N–H and O–H groups in total. The van der Waals surface area contributed by atoms with Gasteiger partial charge in [0.25, 0.3) is 5.91 Å². The Bertz CT molecular complexity index is 600. The number of hydrogen-bond acceptors (Lipinski definition) is 6. The minimum absolute atomic E-state index is 0.224. The zero-order valence-corrected chi connectivity index (χ0v) is 11.9. The number of benzene rings is 1. The van der Waals surface area contributed by atoms with E-state index in [1.807, 2.05) is 18.4 Å². The third kappa shape index (κ3) is 3.25. The third-order valence-electron chi connectivity index (χ3n) is 2.81. The summed E-state index contributed by atoms with van der Waals surface area (Å²) in [7, 11) is 0. The van der Waals surface area contributed by atoms with Crippen molar-refractivity contribution in [3.05, 3.63) is 40.3 Å². The maximum atomic E-state index is 11.4. The van der Waals surface area contributed by atoms with Crippen molar-refractivity contribution in [2.45, 2.75) is 13.5 Å². The van der Waals surface area contributed by atoms with Crippen molar-refractivity contribution in [2.24, 2.45) is 5.84 Å². The second-order valence-electron chi connectivity index (χ2n) is 4.15. The van der Waals surface area contributed by atoms with Crippen LogP contribution in [0.15, 0.2) is 29.6 Å². The Hall–Kier alpha value is -2.12. The summed E-state index contributed by atoms with van der Waals surface area (Å²) in [4.78, 5) is 17.7. The molecule has 0 saturated carbocycles. The van der Waals surface area contributed by atoms with Gasteiger partial charge < -0.3 is 10.0 Å². The van der Waals surface area contributed by atoms with Gasteiger partial charge in [0, 0.05) is 23.7 Å². The maximum Gasteiger partial charge on any atom is 0.294 e. The van der Waals surface area contributed by atoms with Gasteiger partial charge in [-0.3, -0.25) is 10.2 Å². The van der Waals surface area contributed by atoms with E-state index in [1.54, 1.807) is 18.2 Å². The summed E-state index contributed by atoms with van der Waals surface area (Å²) in [5.74, 6) is 4.91. The molecule has 1 heterocycles. The quantitative estimate of drug-likeness (QED) is 0.441. The highest BCUT2D eigenvalue weighted by atomic mass is 32.1. The lowest BCUT2D eigenvalue weighted by atomic mass is 10.2. The Morgan fingerprint density at radius 2 is 2.35 bits per heavy atom. The second kappa shape index (κ2) is 6.36. The highest BCUT2D eigenvalue weighted by molar-refractivity contribution is 7.11. The Morgan fingerprint density at radius 1 is 1.55 bits per heavy atom. The van der Waals surface area contributed by atoms with Crippen LogP contribution in [-0.4, -0.2) is 22.5 Å². The molecular weight excluding hydrogens is 276 g/mol. The predicted octanol–water partition coefficient (Wildman–Crippen LogP) is 1.48. The Labute approximate surface area is 120 Å². The third-order valence-corrected chi connectivity index (χ3v) is 3.70. The van der Waals surface area contributed by atoms with Crippen molar-refractivity contribution in [3.63, 3.8) is 0 Å². The molecule has 0 aliphatic rings. The number of nitrogens with two attached hydrogens (primary N) is 1. The number of aromatic hydroxyl groups is 1. The van der Waals surface area contributed by atoms with Crippen molar-refractivity contribution in [1.29, 1.82) is 0 Å². The van der Waals surface area contributed by atoms with Gasteiger partial charge in [0.2, 0.25) is 0 Å². The number of amides is 1. The van der Waals surface area contributed by atoms with Crippen LogP contribution in [0.5, 0.6) is 5.75 Å². The van der Waals surface area contributed by atoms with Crippen molar-refractivity contribution in [1.82, 2.24) is 10.4 Å². The van der Waals surface area contributed by atoms with E-state index in [9.17, 15) is 9.90 Å². The molecule has 106 valence electrons. The zero-order chi connectivity index (χ0) is 14.5. The van der Waals surface area contributed by atoms with Gasteiger partial charge in [0.1, 0.15) is 5.75 Å². The van der Waals surface area contributed by atoms with Gasteiger partial charge in [-0.15, -0.1) is 11.3 Å². The number of phenols is 1. The largest absolute Gasteiger partial charge is 0.508 e. The van der Waals surface area contributed by atoms with Gasteiger partial charge in [-0.1, -0.05) is 6.07 Å². The molecule has 2 rings (SSSR count). The fourth-order valence-electron chi connectivity index (χ4n) is 1.82. The van der Waals surface area contributed by atoms with E-state index in [2.05, 4.69) is 15.3 Å². The number of nitrogen functional groups attached to an aromatic ring is 1. The first-order valence-corrected chi connectivity index (χ1v) is 7.01. The summed E-state index contributed by atoms with van der Waals surface area (Å²) < 4.78 is 0. The molecule has 1 aromatic heterocycles. The van der Waals surface area contributed by atoms with Crippen molar-refractivity contribution < 1.29 is 9.90 Å². The van der Waals surface area contributed by atoms with Crippen molar-refractivity contribution in [2.75, 3.05) is 11.4 Å². The van der Waals surface area contributed by atoms with Gasteiger partial charge in [-0.05, 0) is 19.1 Å². The van der Waals surface area contributed by atoms with Crippen LogP contribution < -0.4 is 16.2 Å². The van der Waals surface area contributed by atoms with E-state index in [-0.39, 0.29) is 11.7 Å². The smallest absolute Gasteiger partial charge is 0.294 e. The molecule has 6 nitrogen and oxygen atoms in total. The number of nitrogens with zero attached hydrogens (tertiary/aromatic N) is 2. The first-order chi connectivity index (χ1) is 9.63. The van der Waals surface area contributed by atoms with E-state index >= 15 is 0 Å². The fraction of sp³-hybridized carbons (Fsp3) is 0.231. The number of carbonyl (C=O) groups excluding carboxylic acids is 1. The molecule has 20 heavy (non-hydrogen) atoms. The predicted molar refractivity (Wildman–Crippen MR) is 78.6 cm³/mol. The monoisotopic (exact) mass is 292 g/mol. The summed E-state index contributed by atoms with van der Waals surface area (Å²) in [5, 5.41) is 11.7. The molecule has 0 saturated heterocycles. The summed E-state index contributed by atoms with van der Waals surface area (Å²) in [6, 6.07) is 7.04. The Morgan fingerprint density at radius 3 is 3.00 bits per heavy atom. The minimum Gasteiger partial charge on any atom is -0.508 e. The minimum atomic E-state index is -0.387. The van der Waals surface area contributed by atoms with Crippen LogP contribution in [0.2, 0.25) is 0 Å². The van der Waals surface area contributed by atoms with Gasteiger partial charge in [0.15, 0.2) is 5.01 Å². The lowest BCUT2D eigenvalue weighted by Crippen LogP contribution is -2.30. The topological polar surface area (TPSA) is 91.5 Å². The number of anilines is 1. The maximum absolute atomic E-state index is 11.4. The molecule has 0 radical (unpaired) electrons. The summed E-state index contributed by atoms with van der Waals surface area (Å²) in [6.07, 6.45) is 0. The molecule has 1 aromatic carbocycles. The molecule has 1 amide bonds. The standard InChI is InChI=1S/C13H16N4O2S/c1-2-17(10-4-3-5-11(18)6-10)7-9-8-20-13(15-9)12(19)16-14/h3-6,8,18H,2,7,14H2,1H3,(H,16,19). The van der Waals surface area contributed by atoms with E-state index < -0.39 is 0 Å². The lowest BCUT2D eigenvalue weighted by Gasteiger charge is -2.22. The zero-order valence-electron chi connectivity index (χ0n) is 11.0. The van der Waals surface area contributed by atoms with Crippen LogP contribution in [0.1, 0.15) is 22.4 Å². The molecule has 0 aliphatic carbocycles. The van der Waals surface area contributed by atoms with E-state index in [0.717, 1.165) is 17.9 Å². The molecule has 0 aliphatic heterocycles. The number of hydrogen-bond donors (Lipinski definition) is 3. The Kier molecular flexibility index (Phi) is 4.54.